The number of carboxylic acids is 1. The second-order valence-electron chi connectivity index (χ2n) is 4.00. The Morgan fingerprint density at radius 3 is 2.76 bits per heavy atom. The number of aliphatic carboxylic acids is 1. The van der Waals surface area contributed by atoms with Crippen LogP contribution in [0, 0.1) is 6.92 Å². The van der Waals surface area contributed by atoms with Crippen LogP contribution >= 0.6 is 0 Å². The lowest BCUT2D eigenvalue weighted by molar-refractivity contribution is -0.131. The van der Waals surface area contributed by atoms with Gasteiger partial charge in [0, 0.05) is 22.7 Å². The van der Waals surface area contributed by atoms with Crippen LogP contribution in [0.25, 0.3) is 16.5 Å². The first-order valence-electron chi connectivity index (χ1n) is 5.36. The van der Waals surface area contributed by atoms with Crippen LogP contribution < -0.4 is 0 Å². The van der Waals surface area contributed by atoms with Gasteiger partial charge >= 0.3 is 5.97 Å². The van der Waals surface area contributed by atoms with Gasteiger partial charge in [-0.25, -0.2) is 4.79 Å². The Kier molecular flexibility index (Phi) is 2.91. The summed E-state index contributed by atoms with van der Waals surface area (Å²) in [5, 5.41) is 9.79. The monoisotopic (exact) mass is 227 g/mol. The Bertz CT molecular complexity index is 615. The van der Waals surface area contributed by atoms with Gasteiger partial charge in [-0.15, -0.1) is 0 Å². The number of aromatic nitrogens is 1. The van der Waals surface area contributed by atoms with Crippen molar-refractivity contribution in [3.05, 3.63) is 47.7 Å². The highest BCUT2D eigenvalue weighted by molar-refractivity contribution is 5.96. The lowest BCUT2D eigenvalue weighted by atomic mass is 10.0. The van der Waals surface area contributed by atoms with Crippen molar-refractivity contribution in [2.75, 3.05) is 0 Å². The molecular weight excluding hydrogens is 214 g/mol. The van der Waals surface area contributed by atoms with E-state index in [-0.39, 0.29) is 0 Å². The summed E-state index contributed by atoms with van der Waals surface area (Å²) in [6, 6.07) is 9.72. The molecule has 1 aromatic heterocycles. The standard InChI is InChI=1S/C14H13NO2/c1-9(8-13(16)17)12-5-3-4-11-7-6-10(2)15-14(11)12/h3-8H,1-2H3,(H,16,17)/b9-8-. The van der Waals surface area contributed by atoms with Crippen LogP contribution in [0.2, 0.25) is 0 Å². The van der Waals surface area contributed by atoms with Gasteiger partial charge < -0.3 is 5.11 Å². The van der Waals surface area contributed by atoms with E-state index in [0.717, 1.165) is 22.2 Å². The number of pyridine rings is 1. The SMILES string of the molecule is C/C(=C/C(=O)O)c1cccc2ccc(C)nc12. The molecule has 0 amide bonds. The van der Waals surface area contributed by atoms with Crippen LogP contribution in [-0.4, -0.2) is 16.1 Å². The highest BCUT2D eigenvalue weighted by atomic mass is 16.4. The number of hydrogen-bond acceptors (Lipinski definition) is 2. The summed E-state index contributed by atoms with van der Waals surface area (Å²) in [5.74, 6) is -0.938. The van der Waals surface area contributed by atoms with Gasteiger partial charge in [0.05, 0.1) is 5.52 Å². The third-order valence-electron chi connectivity index (χ3n) is 2.62. The van der Waals surface area contributed by atoms with Crippen LogP contribution in [0.1, 0.15) is 18.2 Å². The zero-order chi connectivity index (χ0) is 12.4. The summed E-state index contributed by atoms with van der Waals surface area (Å²) >= 11 is 0. The largest absolute Gasteiger partial charge is 0.478 e. The maximum Gasteiger partial charge on any atom is 0.328 e. The van der Waals surface area contributed by atoms with Crippen molar-refractivity contribution in [3.8, 4) is 0 Å². The van der Waals surface area contributed by atoms with E-state index in [2.05, 4.69) is 4.98 Å². The van der Waals surface area contributed by atoms with Crippen LogP contribution in [0.4, 0.5) is 0 Å². The Balaban J connectivity index is 2.69. The van der Waals surface area contributed by atoms with Crippen LogP contribution in [-0.2, 0) is 4.79 Å². The predicted octanol–water partition coefficient (Wildman–Crippen LogP) is 3.03. The maximum atomic E-state index is 10.7. The Morgan fingerprint density at radius 1 is 1.29 bits per heavy atom. The molecule has 86 valence electrons. The third-order valence-corrected chi connectivity index (χ3v) is 2.62. The fourth-order valence-electron chi connectivity index (χ4n) is 1.83. The van der Waals surface area contributed by atoms with Crippen molar-refractivity contribution < 1.29 is 9.90 Å². The van der Waals surface area contributed by atoms with Gasteiger partial charge in [-0.05, 0) is 25.5 Å². The van der Waals surface area contributed by atoms with Crippen LogP contribution in [0.15, 0.2) is 36.4 Å². The minimum Gasteiger partial charge on any atom is -0.478 e. The summed E-state index contributed by atoms with van der Waals surface area (Å²) in [4.78, 5) is 15.2. The fourth-order valence-corrected chi connectivity index (χ4v) is 1.83. The second-order valence-corrected chi connectivity index (χ2v) is 4.00. The number of hydrogen-bond donors (Lipinski definition) is 1. The number of nitrogens with zero attached hydrogens (tertiary/aromatic N) is 1. The van der Waals surface area contributed by atoms with E-state index in [9.17, 15) is 4.79 Å². The predicted molar refractivity (Wildman–Crippen MR) is 67.8 cm³/mol. The summed E-state index contributed by atoms with van der Waals surface area (Å²) in [6.07, 6.45) is 1.21. The van der Waals surface area contributed by atoms with Crippen molar-refractivity contribution in [2.45, 2.75) is 13.8 Å². The van der Waals surface area contributed by atoms with Crippen LogP contribution in [0.5, 0.6) is 0 Å². The number of aryl methyl sites for hydroxylation is 1. The molecule has 3 nitrogen and oxygen atoms in total. The number of fused-ring (bicyclic) bond motifs is 1. The Labute approximate surface area is 99.4 Å². The molecule has 3 heteroatoms. The van der Waals surface area contributed by atoms with E-state index in [1.165, 1.54) is 6.08 Å². The van der Waals surface area contributed by atoms with Gasteiger partial charge in [-0.3, -0.25) is 4.98 Å². The summed E-state index contributed by atoms with van der Waals surface area (Å²) in [5.41, 5.74) is 3.35. The summed E-state index contributed by atoms with van der Waals surface area (Å²) < 4.78 is 0. The number of rotatable bonds is 2. The molecule has 0 radical (unpaired) electrons. The molecular formula is C14H13NO2. The molecule has 1 aromatic carbocycles. The molecule has 0 fully saturated rings. The van der Waals surface area contributed by atoms with Gasteiger partial charge in [-0.1, -0.05) is 24.3 Å². The van der Waals surface area contributed by atoms with Gasteiger partial charge in [0.1, 0.15) is 0 Å². The fraction of sp³-hybridized carbons (Fsp3) is 0.143. The Morgan fingerprint density at radius 2 is 2.06 bits per heavy atom. The third kappa shape index (κ3) is 2.33. The molecule has 0 bridgehead atoms. The van der Waals surface area contributed by atoms with E-state index in [1.807, 2.05) is 37.3 Å². The maximum absolute atomic E-state index is 10.7. The van der Waals surface area contributed by atoms with Crippen molar-refractivity contribution in [2.24, 2.45) is 0 Å². The zero-order valence-corrected chi connectivity index (χ0v) is 9.77. The van der Waals surface area contributed by atoms with Crippen molar-refractivity contribution >= 4 is 22.4 Å². The molecule has 0 unspecified atom stereocenters. The van der Waals surface area contributed by atoms with Gasteiger partial charge in [0.2, 0.25) is 0 Å². The lowest BCUT2D eigenvalue weighted by Crippen LogP contribution is -1.93. The minimum atomic E-state index is -0.938. The first-order chi connectivity index (χ1) is 8.08. The van der Waals surface area contributed by atoms with Crippen LogP contribution in [0.3, 0.4) is 0 Å². The highest BCUT2D eigenvalue weighted by Crippen LogP contribution is 2.23. The number of carboxylic acid groups (broad SMARTS) is 1. The number of para-hydroxylation sites is 1. The molecule has 0 atom stereocenters. The normalized spacial score (nSPS) is 11.8. The van der Waals surface area contributed by atoms with E-state index in [1.54, 1.807) is 6.92 Å². The molecule has 17 heavy (non-hydrogen) atoms. The van der Waals surface area contributed by atoms with E-state index in [0.29, 0.717) is 5.57 Å². The van der Waals surface area contributed by atoms with Crippen molar-refractivity contribution in [3.63, 3.8) is 0 Å². The molecule has 0 aliphatic carbocycles. The summed E-state index contributed by atoms with van der Waals surface area (Å²) in [7, 11) is 0. The molecule has 1 heterocycles. The highest BCUT2D eigenvalue weighted by Gasteiger charge is 2.05. The smallest absolute Gasteiger partial charge is 0.328 e. The Hall–Kier alpha value is -2.16. The van der Waals surface area contributed by atoms with Gasteiger partial charge in [0.25, 0.3) is 0 Å². The van der Waals surface area contributed by atoms with Crippen molar-refractivity contribution in [1.82, 2.24) is 4.98 Å². The van der Waals surface area contributed by atoms with Crippen molar-refractivity contribution in [1.29, 1.82) is 0 Å². The molecule has 0 aliphatic rings. The lowest BCUT2D eigenvalue weighted by Gasteiger charge is -2.06. The first kappa shape index (κ1) is 11.3. The first-order valence-corrected chi connectivity index (χ1v) is 5.36. The topological polar surface area (TPSA) is 50.2 Å². The number of benzene rings is 1. The second kappa shape index (κ2) is 4.37. The van der Waals surface area contributed by atoms with E-state index >= 15 is 0 Å². The molecule has 2 aromatic rings. The molecule has 0 saturated heterocycles. The molecule has 0 spiro atoms. The molecule has 2 rings (SSSR count). The van der Waals surface area contributed by atoms with Gasteiger partial charge in [-0.2, -0.15) is 0 Å². The quantitative estimate of drug-likeness (QED) is 0.802. The minimum absolute atomic E-state index is 0.709. The van der Waals surface area contributed by atoms with E-state index in [4.69, 9.17) is 5.11 Å². The average molecular weight is 227 g/mol. The van der Waals surface area contributed by atoms with E-state index < -0.39 is 5.97 Å². The molecule has 1 N–H and O–H groups in total. The molecule has 0 saturated carbocycles. The zero-order valence-electron chi connectivity index (χ0n) is 9.77. The van der Waals surface area contributed by atoms with Gasteiger partial charge in [0.15, 0.2) is 0 Å². The number of carbonyl (C=O) groups is 1. The number of allylic oxidation sites excluding steroid dienone is 1. The average Bonchev–Trinajstić information content (AvgIpc) is 2.27. The summed E-state index contributed by atoms with van der Waals surface area (Å²) in [6.45, 7) is 3.71. The molecule has 0 aliphatic heterocycles.